The zero-order valence-electron chi connectivity index (χ0n) is 13.4. The van der Waals surface area contributed by atoms with Crippen LogP contribution in [0.4, 0.5) is 0 Å². The van der Waals surface area contributed by atoms with Gasteiger partial charge in [0.2, 0.25) is 0 Å². The summed E-state index contributed by atoms with van der Waals surface area (Å²) in [6.07, 6.45) is 21.7. The molecule has 0 amide bonds. The minimum Gasteiger partial charge on any atom is -0.468 e. The van der Waals surface area contributed by atoms with Crippen molar-refractivity contribution < 1.29 is 30.6 Å². The van der Waals surface area contributed by atoms with E-state index < -0.39 is 8.24 Å². The molecule has 2 saturated carbocycles. The first kappa shape index (κ1) is 22.3. The van der Waals surface area contributed by atoms with Crippen molar-refractivity contribution in [3.8, 4) is 0 Å². The van der Waals surface area contributed by atoms with Crippen molar-refractivity contribution in [1.29, 1.82) is 0 Å². The first-order valence-corrected chi connectivity index (χ1v) is 10.4. The predicted molar refractivity (Wildman–Crippen MR) is 90.6 cm³/mol. The molecule has 2 fully saturated rings. The van der Waals surface area contributed by atoms with Crippen LogP contribution < -0.4 is 4.98 Å². The third kappa shape index (κ3) is 14.0. The summed E-state index contributed by atoms with van der Waals surface area (Å²) in [5, 5.41) is 0. The summed E-state index contributed by atoms with van der Waals surface area (Å²) in [5.41, 5.74) is 0. The maximum atomic E-state index is 5.10. The van der Waals surface area contributed by atoms with Gasteiger partial charge in [0, 0.05) is 26.2 Å². The SMILES string of the molecule is C[Si](C)(C)[N][CH]c1ccco1.[CH]1[CH][CH][CH][CH]1.[CH]1[CH][CH][CH][CH]1.[Zr]. The number of hydrogen-bond acceptors (Lipinski definition) is 1. The molecule has 0 saturated heterocycles. The molecule has 12 radical (unpaired) electrons. The molecule has 0 unspecified atom stereocenters. The molecule has 1 heterocycles. The molecule has 22 heavy (non-hydrogen) atoms. The van der Waals surface area contributed by atoms with Gasteiger partial charge in [-0.3, -0.25) is 4.98 Å². The van der Waals surface area contributed by atoms with Gasteiger partial charge in [-0.25, -0.2) is 0 Å². The minimum atomic E-state index is -1.30. The minimum absolute atomic E-state index is 0. The quantitative estimate of drug-likeness (QED) is 0.711. The van der Waals surface area contributed by atoms with Gasteiger partial charge in [0.05, 0.1) is 12.8 Å². The average molecular weight is 389 g/mol. The van der Waals surface area contributed by atoms with Gasteiger partial charge in [0.25, 0.3) is 0 Å². The summed E-state index contributed by atoms with van der Waals surface area (Å²) < 4.78 is 5.10. The molecule has 2 nitrogen and oxygen atoms in total. The number of rotatable bonds is 3. The summed E-state index contributed by atoms with van der Waals surface area (Å²) in [7, 11) is -1.30. The summed E-state index contributed by atoms with van der Waals surface area (Å²) in [5.74, 6) is 0.840. The normalized spacial score (nSPS) is 16.9. The van der Waals surface area contributed by atoms with Gasteiger partial charge in [-0.2, -0.15) is 0 Å². The van der Waals surface area contributed by atoms with Crippen molar-refractivity contribution in [2.24, 2.45) is 0 Å². The average Bonchev–Trinajstić information content (AvgIpc) is 3.21. The Bertz CT molecular complexity index is 302. The third-order valence-electron chi connectivity index (χ3n) is 2.23. The fourth-order valence-electron chi connectivity index (χ4n) is 1.26. The zero-order chi connectivity index (χ0) is 15.4. The standard InChI is InChI=1S/C8H13NOSi.2C5H5.Zr/c1-11(2,3)9-7-8-5-4-6-10-8;2*1-2-4-5-3-1;/h4-7H,1-3H3;2*1-5H;. The van der Waals surface area contributed by atoms with Gasteiger partial charge in [-0.15, -0.1) is 0 Å². The van der Waals surface area contributed by atoms with E-state index >= 15 is 0 Å². The molecule has 0 bridgehead atoms. The second kappa shape index (κ2) is 13.7. The first-order chi connectivity index (χ1) is 10.1. The van der Waals surface area contributed by atoms with Crippen LogP contribution in [0.2, 0.25) is 19.6 Å². The van der Waals surface area contributed by atoms with E-state index in [1.165, 1.54) is 0 Å². The van der Waals surface area contributed by atoms with Gasteiger partial charge in [-0.1, -0.05) is 19.6 Å². The number of hydrogen-bond donors (Lipinski definition) is 0. The summed E-state index contributed by atoms with van der Waals surface area (Å²) in [6.45, 7) is 8.37. The van der Waals surface area contributed by atoms with Gasteiger partial charge in [0.1, 0.15) is 14.0 Å². The molecular weight excluding hydrogens is 366 g/mol. The van der Waals surface area contributed by atoms with Gasteiger partial charge in [-0.05, 0) is 76.3 Å². The van der Waals surface area contributed by atoms with Crippen LogP contribution in [0.3, 0.4) is 0 Å². The summed E-state index contributed by atoms with van der Waals surface area (Å²) >= 11 is 0. The largest absolute Gasteiger partial charge is 0.468 e. The van der Waals surface area contributed by atoms with Crippen LogP contribution >= 0.6 is 0 Å². The van der Waals surface area contributed by atoms with Crippen LogP contribution in [-0.4, -0.2) is 8.24 Å². The van der Waals surface area contributed by atoms with Crippen LogP contribution in [0.25, 0.3) is 0 Å². The maximum Gasteiger partial charge on any atom is 0.137 e. The van der Waals surface area contributed by atoms with E-state index in [0.29, 0.717) is 0 Å². The monoisotopic (exact) mass is 387 g/mol. The van der Waals surface area contributed by atoms with Crippen LogP contribution in [0.15, 0.2) is 22.8 Å². The number of nitrogens with zero attached hydrogens (tertiary/aromatic N) is 1. The summed E-state index contributed by atoms with van der Waals surface area (Å²) in [4.78, 5) is 4.42. The fourth-order valence-corrected chi connectivity index (χ4v) is 1.78. The smallest absolute Gasteiger partial charge is 0.137 e. The number of furan rings is 1. The van der Waals surface area contributed by atoms with E-state index in [9.17, 15) is 0 Å². The van der Waals surface area contributed by atoms with Gasteiger partial charge in [0.15, 0.2) is 0 Å². The molecule has 1 aromatic heterocycles. The van der Waals surface area contributed by atoms with Gasteiger partial charge < -0.3 is 4.42 Å². The van der Waals surface area contributed by atoms with E-state index in [4.69, 9.17) is 4.42 Å². The molecule has 0 atom stereocenters. The van der Waals surface area contributed by atoms with Crippen molar-refractivity contribution in [3.63, 3.8) is 0 Å². The Morgan fingerprint density at radius 2 is 1.23 bits per heavy atom. The van der Waals surface area contributed by atoms with Gasteiger partial charge >= 0.3 is 0 Å². The Kier molecular flexibility index (Phi) is 14.0. The van der Waals surface area contributed by atoms with E-state index in [-0.39, 0.29) is 26.2 Å². The Labute approximate surface area is 158 Å². The molecule has 0 aliphatic heterocycles. The third-order valence-corrected chi connectivity index (χ3v) is 3.14. The molecule has 0 spiro atoms. The molecule has 114 valence electrons. The second-order valence-electron chi connectivity index (χ2n) is 5.37. The van der Waals surface area contributed by atoms with Crippen molar-refractivity contribution in [1.82, 2.24) is 4.98 Å². The van der Waals surface area contributed by atoms with Crippen molar-refractivity contribution in [2.75, 3.05) is 0 Å². The predicted octanol–water partition coefficient (Wildman–Crippen LogP) is 4.27. The maximum absolute atomic E-state index is 5.10. The Morgan fingerprint density at radius 3 is 1.50 bits per heavy atom. The van der Waals surface area contributed by atoms with E-state index in [2.05, 4.69) is 24.6 Å². The Balaban J connectivity index is 0.000000334. The van der Waals surface area contributed by atoms with Crippen LogP contribution in [0.1, 0.15) is 5.76 Å². The fraction of sp³-hybridized carbons (Fsp3) is 0.167. The second-order valence-corrected chi connectivity index (χ2v) is 9.97. The molecule has 4 heteroatoms. The Hall–Kier alpha value is 0.340. The van der Waals surface area contributed by atoms with E-state index in [0.717, 1.165) is 5.76 Å². The molecule has 0 N–H and O–H groups in total. The van der Waals surface area contributed by atoms with E-state index in [1.807, 2.05) is 82.9 Å². The van der Waals surface area contributed by atoms with Crippen LogP contribution in [-0.2, 0) is 26.2 Å². The molecule has 0 aromatic carbocycles. The van der Waals surface area contributed by atoms with Crippen molar-refractivity contribution >= 4 is 8.24 Å². The Morgan fingerprint density at radius 1 is 0.818 bits per heavy atom. The molecular formula is C18H23NOSiZr. The van der Waals surface area contributed by atoms with Crippen molar-refractivity contribution in [3.05, 3.63) is 94.9 Å². The van der Waals surface area contributed by atoms with Crippen LogP contribution in [0, 0.1) is 70.8 Å². The van der Waals surface area contributed by atoms with Crippen LogP contribution in [0.5, 0.6) is 0 Å². The molecule has 2 aliphatic rings. The zero-order valence-corrected chi connectivity index (χ0v) is 16.9. The molecule has 1 aromatic rings. The molecule has 2 aliphatic carbocycles. The first-order valence-electron chi connectivity index (χ1n) is 7.00. The van der Waals surface area contributed by atoms with E-state index in [1.54, 1.807) is 6.26 Å². The molecule has 3 rings (SSSR count). The topological polar surface area (TPSA) is 27.2 Å². The summed E-state index contributed by atoms with van der Waals surface area (Å²) in [6, 6.07) is 3.77. The van der Waals surface area contributed by atoms with Crippen molar-refractivity contribution in [2.45, 2.75) is 19.6 Å².